The number of aliphatic hydroxyl groups is 1. The van der Waals surface area contributed by atoms with Crippen LogP contribution in [-0.4, -0.2) is 65.7 Å². The van der Waals surface area contributed by atoms with Gasteiger partial charge in [0.25, 0.3) is 0 Å². The van der Waals surface area contributed by atoms with Gasteiger partial charge in [0, 0.05) is 32.0 Å². The molecule has 1 atom stereocenters. The van der Waals surface area contributed by atoms with E-state index in [1.165, 1.54) is 0 Å². The monoisotopic (exact) mass is 325 g/mol. The van der Waals surface area contributed by atoms with Crippen LogP contribution in [0.15, 0.2) is 35.8 Å². The highest BCUT2D eigenvalue weighted by Gasteiger charge is 2.15. The number of morpholine rings is 1. The van der Waals surface area contributed by atoms with Gasteiger partial charge in [0.15, 0.2) is 5.17 Å². The Morgan fingerprint density at radius 3 is 3.09 bits per heavy atom. The first-order valence-corrected chi connectivity index (χ1v) is 7.53. The number of nitrogens with zero attached hydrogens (tertiary/aromatic N) is 3. The van der Waals surface area contributed by atoms with Crippen molar-refractivity contribution in [1.82, 2.24) is 9.88 Å². The largest absolute Gasteiger partial charge is 0.392 e. The van der Waals surface area contributed by atoms with E-state index in [0.29, 0.717) is 19.8 Å². The van der Waals surface area contributed by atoms with Crippen LogP contribution in [0.5, 0.6) is 0 Å². The second kappa shape index (κ2) is 9.53. The standard InChI is InChI=1S/C15H20ClN3O3/c16-15(4-3-13-2-1-5-17-10-13)18-22-12-14(20)11-19-6-8-21-9-7-19/h1-5,10,14,20H,6-9,11-12H2/b4-3+,18-15-. The summed E-state index contributed by atoms with van der Waals surface area (Å²) in [5.74, 6) is 0. The summed E-state index contributed by atoms with van der Waals surface area (Å²) in [5, 5.41) is 13.8. The summed E-state index contributed by atoms with van der Waals surface area (Å²) in [6, 6.07) is 3.74. The van der Waals surface area contributed by atoms with Gasteiger partial charge in [-0.05, 0) is 17.7 Å². The summed E-state index contributed by atoms with van der Waals surface area (Å²) < 4.78 is 5.25. The summed E-state index contributed by atoms with van der Waals surface area (Å²) >= 11 is 5.92. The van der Waals surface area contributed by atoms with Crippen molar-refractivity contribution in [2.24, 2.45) is 5.16 Å². The van der Waals surface area contributed by atoms with Crippen molar-refractivity contribution in [3.63, 3.8) is 0 Å². The molecule has 0 spiro atoms. The summed E-state index contributed by atoms with van der Waals surface area (Å²) in [6.45, 7) is 3.72. The molecule has 2 rings (SSSR count). The van der Waals surface area contributed by atoms with Gasteiger partial charge < -0.3 is 14.7 Å². The molecule has 1 unspecified atom stereocenters. The third-order valence-corrected chi connectivity index (χ3v) is 3.28. The maximum Gasteiger partial charge on any atom is 0.168 e. The predicted octanol–water partition coefficient (Wildman–Crippen LogP) is 1.36. The normalized spacial score (nSPS) is 18.5. The number of halogens is 1. The lowest BCUT2D eigenvalue weighted by Crippen LogP contribution is -2.42. The van der Waals surface area contributed by atoms with Gasteiger partial charge >= 0.3 is 0 Å². The SMILES string of the molecule is OC(CO/N=C(Cl)/C=C/c1cccnc1)CN1CCOCC1. The maximum atomic E-state index is 9.88. The zero-order valence-corrected chi connectivity index (χ0v) is 13.0. The van der Waals surface area contributed by atoms with E-state index in [0.717, 1.165) is 18.7 Å². The molecule has 1 saturated heterocycles. The van der Waals surface area contributed by atoms with Crippen LogP contribution in [0, 0.1) is 0 Å². The van der Waals surface area contributed by atoms with Crippen molar-refractivity contribution in [2.45, 2.75) is 6.10 Å². The van der Waals surface area contributed by atoms with Gasteiger partial charge in [-0.1, -0.05) is 28.9 Å². The highest BCUT2D eigenvalue weighted by Crippen LogP contribution is 2.02. The Kier molecular flexibility index (Phi) is 7.32. The van der Waals surface area contributed by atoms with Gasteiger partial charge in [0.05, 0.1) is 13.2 Å². The first-order valence-electron chi connectivity index (χ1n) is 7.16. The minimum Gasteiger partial charge on any atom is -0.392 e. The second-order valence-corrected chi connectivity index (χ2v) is 5.28. The molecule has 1 aromatic heterocycles. The van der Waals surface area contributed by atoms with Crippen LogP contribution in [-0.2, 0) is 9.57 Å². The molecule has 1 aliphatic rings. The number of allylic oxidation sites excluding steroid dienone is 1. The van der Waals surface area contributed by atoms with Crippen LogP contribution < -0.4 is 0 Å². The predicted molar refractivity (Wildman–Crippen MR) is 85.8 cm³/mol. The number of β-amino-alcohol motifs (C(OH)–C–C–N with tert-alkyl or cyclic N) is 1. The third-order valence-electron chi connectivity index (χ3n) is 3.09. The van der Waals surface area contributed by atoms with Crippen LogP contribution in [0.4, 0.5) is 0 Å². The van der Waals surface area contributed by atoms with Crippen LogP contribution in [0.1, 0.15) is 5.56 Å². The van der Waals surface area contributed by atoms with Gasteiger partial charge in [0.1, 0.15) is 12.7 Å². The number of oxime groups is 1. The molecule has 1 aromatic rings. The Morgan fingerprint density at radius 2 is 2.36 bits per heavy atom. The van der Waals surface area contributed by atoms with Gasteiger partial charge in [-0.3, -0.25) is 9.88 Å². The molecule has 0 radical (unpaired) electrons. The van der Waals surface area contributed by atoms with E-state index < -0.39 is 6.10 Å². The molecule has 22 heavy (non-hydrogen) atoms. The van der Waals surface area contributed by atoms with Crippen LogP contribution in [0.2, 0.25) is 0 Å². The van der Waals surface area contributed by atoms with E-state index >= 15 is 0 Å². The lowest BCUT2D eigenvalue weighted by atomic mass is 10.3. The first kappa shape index (κ1) is 16.9. The van der Waals surface area contributed by atoms with Crippen molar-refractivity contribution < 1.29 is 14.7 Å². The van der Waals surface area contributed by atoms with E-state index in [1.807, 2.05) is 12.1 Å². The number of hydrogen-bond acceptors (Lipinski definition) is 6. The molecule has 120 valence electrons. The van der Waals surface area contributed by atoms with Gasteiger partial charge in [-0.2, -0.15) is 0 Å². The third kappa shape index (κ3) is 6.53. The molecule has 0 aromatic carbocycles. The zero-order chi connectivity index (χ0) is 15.6. The van der Waals surface area contributed by atoms with E-state index in [9.17, 15) is 5.11 Å². The molecule has 1 aliphatic heterocycles. The lowest BCUT2D eigenvalue weighted by Gasteiger charge is -2.28. The summed E-state index contributed by atoms with van der Waals surface area (Å²) in [6.07, 6.45) is 6.22. The van der Waals surface area contributed by atoms with Crippen LogP contribution in [0.3, 0.4) is 0 Å². The van der Waals surface area contributed by atoms with E-state index in [4.69, 9.17) is 21.2 Å². The van der Waals surface area contributed by atoms with Crippen molar-refractivity contribution >= 4 is 22.8 Å². The maximum absolute atomic E-state index is 9.88. The number of aliphatic hydroxyl groups excluding tert-OH is 1. The Balaban J connectivity index is 1.68. The fourth-order valence-electron chi connectivity index (χ4n) is 1.99. The smallest absolute Gasteiger partial charge is 0.168 e. The van der Waals surface area contributed by atoms with Crippen molar-refractivity contribution in [2.75, 3.05) is 39.5 Å². The van der Waals surface area contributed by atoms with Crippen molar-refractivity contribution in [3.05, 3.63) is 36.2 Å². The van der Waals surface area contributed by atoms with Gasteiger partial charge in [0.2, 0.25) is 0 Å². The Bertz CT molecular complexity index is 490. The summed E-state index contributed by atoms with van der Waals surface area (Å²) in [5.41, 5.74) is 0.920. The minimum atomic E-state index is -0.603. The number of pyridine rings is 1. The minimum absolute atomic E-state index is 0.105. The number of rotatable bonds is 7. The molecule has 7 heteroatoms. The van der Waals surface area contributed by atoms with E-state index in [2.05, 4.69) is 15.0 Å². The topological polar surface area (TPSA) is 67.2 Å². The van der Waals surface area contributed by atoms with Gasteiger partial charge in [-0.25, -0.2) is 0 Å². The Hall–Kier alpha value is -1.47. The second-order valence-electron chi connectivity index (χ2n) is 4.90. The van der Waals surface area contributed by atoms with Crippen molar-refractivity contribution in [1.29, 1.82) is 0 Å². The molecule has 6 nitrogen and oxygen atoms in total. The zero-order valence-electron chi connectivity index (χ0n) is 12.3. The molecule has 2 heterocycles. The number of aromatic nitrogens is 1. The highest BCUT2D eigenvalue weighted by atomic mass is 35.5. The molecule has 0 bridgehead atoms. The average molecular weight is 326 g/mol. The fraction of sp³-hybridized carbons (Fsp3) is 0.467. The molecule has 1 N–H and O–H groups in total. The Morgan fingerprint density at radius 1 is 1.55 bits per heavy atom. The lowest BCUT2D eigenvalue weighted by molar-refractivity contribution is -0.0129. The summed E-state index contributed by atoms with van der Waals surface area (Å²) in [7, 11) is 0. The van der Waals surface area contributed by atoms with E-state index in [1.54, 1.807) is 24.5 Å². The van der Waals surface area contributed by atoms with Gasteiger partial charge in [-0.15, -0.1) is 0 Å². The quantitative estimate of drug-likeness (QED) is 0.605. The number of ether oxygens (including phenoxy) is 1. The first-order chi connectivity index (χ1) is 10.7. The molecule has 0 aliphatic carbocycles. The molecular weight excluding hydrogens is 306 g/mol. The molecule has 0 saturated carbocycles. The fourth-order valence-corrected chi connectivity index (χ4v) is 2.10. The van der Waals surface area contributed by atoms with Crippen molar-refractivity contribution in [3.8, 4) is 0 Å². The summed E-state index contributed by atoms with van der Waals surface area (Å²) in [4.78, 5) is 11.2. The highest BCUT2D eigenvalue weighted by molar-refractivity contribution is 6.68. The Labute approximate surface area is 135 Å². The van der Waals surface area contributed by atoms with E-state index in [-0.39, 0.29) is 11.8 Å². The molecule has 1 fully saturated rings. The van der Waals surface area contributed by atoms with Crippen LogP contribution >= 0.6 is 11.6 Å². The number of hydrogen-bond donors (Lipinski definition) is 1. The molecule has 0 amide bonds. The average Bonchev–Trinajstić information content (AvgIpc) is 2.55. The molecular formula is C15H20ClN3O3. The van der Waals surface area contributed by atoms with Crippen LogP contribution in [0.25, 0.3) is 6.08 Å².